The van der Waals surface area contributed by atoms with Gasteiger partial charge in [-0.05, 0) is 24.1 Å². The molecule has 1 rings (SSSR count). The largest absolute Gasteiger partial charge is 0.395 e. The smallest absolute Gasteiger partial charge is 0.266 e. The van der Waals surface area contributed by atoms with Gasteiger partial charge in [0.25, 0.3) is 5.91 Å². The van der Waals surface area contributed by atoms with Crippen LogP contribution in [0.25, 0.3) is 0 Å². The van der Waals surface area contributed by atoms with Crippen LogP contribution in [-0.4, -0.2) is 53.9 Å². The van der Waals surface area contributed by atoms with Gasteiger partial charge in [0.15, 0.2) is 0 Å². The van der Waals surface area contributed by atoms with Gasteiger partial charge in [-0.15, -0.1) is 0 Å². The van der Waals surface area contributed by atoms with Crippen molar-refractivity contribution in [2.45, 2.75) is 6.42 Å². The Hall–Kier alpha value is -2.43. The monoisotopic (exact) mass is 321 g/mol. The molecule has 6 nitrogen and oxygen atoms in total. The van der Waals surface area contributed by atoms with E-state index in [4.69, 9.17) is 15.5 Å². The molecule has 3 N–H and O–H groups in total. The van der Waals surface area contributed by atoms with Crippen molar-refractivity contribution in [1.29, 1.82) is 5.26 Å². The molecule has 0 atom stereocenters. The molecule has 7 heteroatoms. The van der Waals surface area contributed by atoms with Crippen LogP contribution in [-0.2, 0) is 11.2 Å². The number of carbonyl (C=O) groups excluding carboxylic acids is 1. The fourth-order valence-electron chi connectivity index (χ4n) is 1.91. The summed E-state index contributed by atoms with van der Waals surface area (Å²) in [5, 5.41) is 29.7. The Morgan fingerprint density at radius 1 is 1.26 bits per heavy atom. The van der Waals surface area contributed by atoms with E-state index in [0.717, 1.165) is 5.56 Å². The molecule has 23 heavy (non-hydrogen) atoms. The number of carbonyl (C=O) groups is 1. The molecule has 0 fully saturated rings. The van der Waals surface area contributed by atoms with Gasteiger partial charge in [0.1, 0.15) is 17.5 Å². The van der Waals surface area contributed by atoms with E-state index >= 15 is 0 Å². The van der Waals surface area contributed by atoms with Crippen LogP contribution in [0, 0.1) is 17.1 Å². The van der Waals surface area contributed by atoms with Gasteiger partial charge in [0.2, 0.25) is 0 Å². The second-order valence-corrected chi connectivity index (χ2v) is 4.74. The van der Waals surface area contributed by atoms with Gasteiger partial charge in [-0.25, -0.2) is 4.39 Å². The molecule has 0 aliphatic heterocycles. The number of benzene rings is 1. The maximum atomic E-state index is 12.8. The van der Waals surface area contributed by atoms with Crippen LogP contribution in [0.3, 0.4) is 0 Å². The van der Waals surface area contributed by atoms with Crippen LogP contribution in [0.1, 0.15) is 5.56 Å². The fourth-order valence-corrected chi connectivity index (χ4v) is 1.91. The summed E-state index contributed by atoms with van der Waals surface area (Å²) in [5.74, 6) is -0.850. The van der Waals surface area contributed by atoms with E-state index in [1.54, 1.807) is 18.2 Å². The SMILES string of the molecule is N#C/C(=C/NCCc1ccc(F)cc1)C(=O)N(CCO)CCO. The zero-order valence-electron chi connectivity index (χ0n) is 12.7. The Morgan fingerprint density at radius 2 is 1.87 bits per heavy atom. The lowest BCUT2D eigenvalue weighted by Gasteiger charge is -2.20. The van der Waals surface area contributed by atoms with Crippen LogP contribution in [0.5, 0.6) is 0 Å². The highest BCUT2D eigenvalue weighted by molar-refractivity contribution is 5.97. The third-order valence-corrected chi connectivity index (χ3v) is 3.10. The number of nitrogens with one attached hydrogen (secondary N) is 1. The van der Waals surface area contributed by atoms with E-state index in [0.29, 0.717) is 13.0 Å². The molecule has 0 aliphatic rings. The van der Waals surface area contributed by atoms with Crippen molar-refractivity contribution in [3.05, 3.63) is 47.4 Å². The molecular weight excluding hydrogens is 301 g/mol. The summed E-state index contributed by atoms with van der Waals surface area (Å²) >= 11 is 0. The first kappa shape index (κ1) is 18.6. The first-order chi connectivity index (χ1) is 11.1. The minimum Gasteiger partial charge on any atom is -0.395 e. The van der Waals surface area contributed by atoms with Gasteiger partial charge >= 0.3 is 0 Å². The summed E-state index contributed by atoms with van der Waals surface area (Å²) in [6, 6.07) is 7.88. The molecule has 0 aliphatic carbocycles. The van der Waals surface area contributed by atoms with Gasteiger partial charge in [-0.3, -0.25) is 4.79 Å². The molecule has 124 valence electrons. The van der Waals surface area contributed by atoms with Crippen LogP contribution >= 0.6 is 0 Å². The zero-order chi connectivity index (χ0) is 17.1. The summed E-state index contributed by atoms with van der Waals surface area (Å²) in [6.45, 7) is 0.0803. The van der Waals surface area contributed by atoms with Crippen molar-refractivity contribution < 1.29 is 19.4 Å². The van der Waals surface area contributed by atoms with Crippen LogP contribution in [0.2, 0.25) is 0 Å². The number of aliphatic hydroxyl groups excluding tert-OH is 2. The molecule has 0 heterocycles. The maximum Gasteiger partial charge on any atom is 0.266 e. The minimum atomic E-state index is -0.551. The summed E-state index contributed by atoms with van der Waals surface area (Å²) in [5.41, 5.74) is 0.824. The molecule has 0 saturated heterocycles. The molecule has 0 aromatic heterocycles. The Labute approximate surface area is 134 Å². The first-order valence-electron chi connectivity index (χ1n) is 7.21. The summed E-state index contributed by atoms with van der Waals surface area (Å²) in [7, 11) is 0. The van der Waals surface area contributed by atoms with Crippen LogP contribution < -0.4 is 5.32 Å². The predicted molar refractivity (Wildman–Crippen MR) is 82.6 cm³/mol. The first-order valence-corrected chi connectivity index (χ1v) is 7.21. The van der Waals surface area contributed by atoms with Gasteiger partial charge in [0, 0.05) is 25.8 Å². The predicted octanol–water partition coefficient (Wildman–Crippen LogP) is 0.178. The van der Waals surface area contributed by atoms with Crippen LogP contribution in [0.15, 0.2) is 36.0 Å². The zero-order valence-corrected chi connectivity index (χ0v) is 12.7. The number of rotatable bonds is 9. The lowest BCUT2D eigenvalue weighted by atomic mass is 10.1. The molecule has 0 bridgehead atoms. The normalized spacial score (nSPS) is 11.0. The molecule has 0 unspecified atom stereocenters. The van der Waals surface area contributed by atoms with E-state index in [1.165, 1.54) is 23.2 Å². The maximum absolute atomic E-state index is 12.8. The lowest BCUT2D eigenvalue weighted by Crippen LogP contribution is -2.37. The van der Waals surface area contributed by atoms with E-state index in [-0.39, 0.29) is 37.7 Å². The van der Waals surface area contributed by atoms with Crippen molar-refractivity contribution in [1.82, 2.24) is 10.2 Å². The number of aliphatic hydroxyl groups is 2. The number of nitrogens with zero attached hydrogens (tertiary/aromatic N) is 2. The van der Waals surface area contributed by atoms with E-state index in [2.05, 4.69) is 5.32 Å². The van der Waals surface area contributed by atoms with Crippen molar-refractivity contribution >= 4 is 5.91 Å². The molecule has 1 aromatic carbocycles. The molecular formula is C16H20FN3O3. The van der Waals surface area contributed by atoms with Crippen molar-refractivity contribution in [2.75, 3.05) is 32.8 Å². The van der Waals surface area contributed by atoms with E-state index in [9.17, 15) is 9.18 Å². The fraction of sp³-hybridized carbons (Fsp3) is 0.375. The average Bonchev–Trinajstić information content (AvgIpc) is 2.56. The third-order valence-electron chi connectivity index (χ3n) is 3.10. The quantitative estimate of drug-likeness (QED) is 0.342. The molecule has 0 saturated carbocycles. The number of halogens is 1. The lowest BCUT2D eigenvalue weighted by molar-refractivity contribution is -0.127. The van der Waals surface area contributed by atoms with Gasteiger partial charge < -0.3 is 20.4 Å². The third kappa shape index (κ3) is 6.46. The van der Waals surface area contributed by atoms with Gasteiger partial charge in [0.05, 0.1) is 13.2 Å². The second-order valence-electron chi connectivity index (χ2n) is 4.74. The highest BCUT2D eigenvalue weighted by atomic mass is 19.1. The minimum absolute atomic E-state index is 0.0496. The number of amides is 1. The van der Waals surface area contributed by atoms with E-state index < -0.39 is 5.91 Å². The molecule has 0 radical (unpaired) electrons. The molecule has 1 aromatic rings. The standard InChI is InChI=1S/C16H20FN3O3/c17-15-3-1-13(2-4-15)5-6-19-12-14(11-18)16(23)20(7-9-21)8-10-22/h1-4,12,19,21-22H,5-10H2/b14-12-. The van der Waals surface area contributed by atoms with Gasteiger partial charge in [-0.1, -0.05) is 12.1 Å². The summed E-state index contributed by atoms with van der Waals surface area (Å²) < 4.78 is 12.8. The Balaban J connectivity index is 2.55. The topological polar surface area (TPSA) is 96.6 Å². The molecule has 1 amide bonds. The number of hydrogen-bond acceptors (Lipinski definition) is 5. The Bertz CT molecular complexity index is 561. The van der Waals surface area contributed by atoms with E-state index in [1.807, 2.05) is 0 Å². The summed E-state index contributed by atoms with van der Waals surface area (Å²) in [4.78, 5) is 13.3. The molecule has 0 spiro atoms. The number of nitriles is 1. The van der Waals surface area contributed by atoms with Gasteiger partial charge in [-0.2, -0.15) is 5.26 Å². The average molecular weight is 321 g/mol. The Kier molecular flexibility index (Phi) is 8.36. The van der Waals surface area contributed by atoms with Crippen molar-refractivity contribution in [3.63, 3.8) is 0 Å². The van der Waals surface area contributed by atoms with Crippen molar-refractivity contribution in [2.24, 2.45) is 0 Å². The highest BCUT2D eigenvalue weighted by Gasteiger charge is 2.17. The second kappa shape index (κ2) is 10.3. The summed E-state index contributed by atoms with van der Waals surface area (Å²) in [6.07, 6.45) is 1.92. The van der Waals surface area contributed by atoms with Crippen molar-refractivity contribution in [3.8, 4) is 6.07 Å². The number of hydrogen-bond donors (Lipinski definition) is 3. The Morgan fingerprint density at radius 3 is 2.39 bits per heavy atom. The highest BCUT2D eigenvalue weighted by Crippen LogP contribution is 2.03. The van der Waals surface area contributed by atoms with Crippen LogP contribution in [0.4, 0.5) is 4.39 Å².